The highest BCUT2D eigenvalue weighted by Gasteiger charge is 2.32. The van der Waals surface area contributed by atoms with Gasteiger partial charge in [-0.25, -0.2) is 14.6 Å². The van der Waals surface area contributed by atoms with E-state index in [0.717, 1.165) is 18.0 Å². The molecule has 3 N–H and O–H groups in total. The molecule has 39 heavy (non-hydrogen) atoms. The van der Waals surface area contributed by atoms with Crippen LogP contribution in [0, 0.1) is 0 Å². The lowest BCUT2D eigenvalue weighted by atomic mass is 10.1. The van der Waals surface area contributed by atoms with Gasteiger partial charge in [0, 0.05) is 51.1 Å². The van der Waals surface area contributed by atoms with Crippen molar-refractivity contribution in [3.05, 3.63) is 52.7 Å². The van der Waals surface area contributed by atoms with Crippen molar-refractivity contribution in [1.82, 2.24) is 20.5 Å². The Hall–Kier alpha value is -3.23. The van der Waals surface area contributed by atoms with Gasteiger partial charge in [-0.2, -0.15) is 13.2 Å². The Labute approximate surface area is 230 Å². The van der Waals surface area contributed by atoms with Crippen molar-refractivity contribution in [1.29, 1.82) is 0 Å². The average Bonchev–Trinajstić information content (AvgIpc) is 3.45. The van der Waals surface area contributed by atoms with Gasteiger partial charge in [0.15, 0.2) is 5.75 Å². The van der Waals surface area contributed by atoms with Crippen molar-refractivity contribution >= 4 is 47.2 Å². The molecule has 0 spiro atoms. The van der Waals surface area contributed by atoms with Crippen molar-refractivity contribution in [3.63, 3.8) is 0 Å². The second kappa shape index (κ2) is 12.3. The largest absolute Gasteiger partial charge is 0.480 e. The zero-order chi connectivity index (χ0) is 28.2. The standard InChI is InChI=1S/C24H25ClF3N5O5S/c25-16-11-14(12-17(22(35)36)31-20(34)21-29-5-10-39-21)1-3-18(16)38-23(37)33-8-6-32(7-9-33)19-4-2-15(13-30-19)24(26,27)28/h1-4,11,13,17,21,29H,5-10,12H2,(H,31,34)(H,35,36)/t17-,21-/m0/s1. The number of thioether (sulfide) groups is 1. The molecular weight excluding hydrogens is 563 g/mol. The Balaban J connectivity index is 1.30. The van der Waals surface area contributed by atoms with E-state index in [1.807, 2.05) is 0 Å². The van der Waals surface area contributed by atoms with Gasteiger partial charge >= 0.3 is 18.2 Å². The van der Waals surface area contributed by atoms with Crippen LogP contribution in [0.5, 0.6) is 5.75 Å². The third kappa shape index (κ3) is 7.46. The van der Waals surface area contributed by atoms with Gasteiger partial charge in [-0.05, 0) is 29.8 Å². The van der Waals surface area contributed by atoms with Crippen LogP contribution < -0.4 is 20.3 Å². The number of amides is 2. The number of nitrogens with one attached hydrogen (secondary N) is 2. The molecule has 15 heteroatoms. The van der Waals surface area contributed by atoms with Crippen LogP contribution in [0.4, 0.5) is 23.8 Å². The molecule has 2 aromatic rings. The molecule has 2 fully saturated rings. The van der Waals surface area contributed by atoms with E-state index >= 15 is 0 Å². The zero-order valence-corrected chi connectivity index (χ0v) is 22.0. The lowest BCUT2D eigenvalue weighted by molar-refractivity contribution is -0.141. The highest BCUT2D eigenvalue weighted by molar-refractivity contribution is 8.00. The van der Waals surface area contributed by atoms with Crippen LogP contribution in [0.25, 0.3) is 0 Å². The van der Waals surface area contributed by atoms with Crippen molar-refractivity contribution in [3.8, 4) is 5.75 Å². The molecule has 0 saturated carbocycles. The molecule has 2 aliphatic rings. The summed E-state index contributed by atoms with van der Waals surface area (Å²) >= 11 is 7.69. The Morgan fingerprint density at radius 3 is 2.51 bits per heavy atom. The van der Waals surface area contributed by atoms with Gasteiger partial charge in [-0.3, -0.25) is 10.1 Å². The van der Waals surface area contributed by atoms with Crippen molar-refractivity contribution in [2.45, 2.75) is 24.0 Å². The van der Waals surface area contributed by atoms with Crippen LogP contribution >= 0.6 is 23.4 Å². The Morgan fingerprint density at radius 2 is 1.95 bits per heavy atom. The maximum absolute atomic E-state index is 12.8. The van der Waals surface area contributed by atoms with E-state index in [1.165, 1.54) is 34.9 Å². The number of halogens is 4. The fourth-order valence-electron chi connectivity index (χ4n) is 4.05. The number of piperazine rings is 1. The summed E-state index contributed by atoms with van der Waals surface area (Å²) in [4.78, 5) is 43.8. The molecule has 2 aliphatic heterocycles. The summed E-state index contributed by atoms with van der Waals surface area (Å²) in [5, 5.41) is 14.7. The maximum Gasteiger partial charge on any atom is 0.417 e. The third-order valence-corrected chi connectivity index (χ3v) is 7.59. The molecule has 10 nitrogen and oxygen atoms in total. The van der Waals surface area contributed by atoms with E-state index in [-0.39, 0.29) is 30.3 Å². The average molecular weight is 588 g/mol. The number of benzene rings is 1. The number of carbonyl (C=O) groups excluding carboxylic acids is 2. The first-order chi connectivity index (χ1) is 18.5. The number of carbonyl (C=O) groups is 3. The highest BCUT2D eigenvalue weighted by atomic mass is 35.5. The molecule has 210 valence electrons. The van der Waals surface area contributed by atoms with E-state index in [0.29, 0.717) is 31.0 Å². The molecule has 0 bridgehead atoms. The molecule has 4 rings (SSSR count). The summed E-state index contributed by atoms with van der Waals surface area (Å²) in [5.74, 6) is -0.375. The van der Waals surface area contributed by atoms with Gasteiger partial charge in [0.05, 0.1) is 10.6 Å². The molecular formula is C24H25ClF3N5O5S. The number of alkyl halides is 3. The maximum atomic E-state index is 12.8. The SMILES string of the molecule is O=C(O)[C@H](Cc1ccc(OC(=O)N2CCN(c3ccc(C(F)(F)F)cn3)CC2)c(Cl)c1)NC(=O)[C@H]1NCCS1. The number of carboxylic acid groups (broad SMARTS) is 1. The van der Waals surface area contributed by atoms with Gasteiger partial charge in [0.25, 0.3) is 0 Å². The normalized spacial score (nSPS) is 18.5. The lowest BCUT2D eigenvalue weighted by Gasteiger charge is -2.34. The minimum atomic E-state index is -4.46. The number of pyridine rings is 1. The quantitative estimate of drug-likeness (QED) is 0.449. The topological polar surface area (TPSA) is 124 Å². The fourth-order valence-corrected chi connectivity index (χ4v) is 5.22. The van der Waals surface area contributed by atoms with Crippen LogP contribution in [0.1, 0.15) is 11.1 Å². The summed E-state index contributed by atoms with van der Waals surface area (Å²) in [6.07, 6.45) is -4.36. The van der Waals surface area contributed by atoms with Gasteiger partial charge in [-0.15, -0.1) is 11.8 Å². The monoisotopic (exact) mass is 587 g/mol. The van der Waals surface area contributed by atoms with Gasteiger partial charge in [0.2, 0.25) is 5.91 Å². The van der Waals surface area contributed by atoms with Crippen LogP contribution in [-0.4, -0.2) is 82.9 Å². The summed E-state index contributed by atoms with van der Waals surface area (Å²) in [6, 6.07) is 5.58. The van der Waals surface area contributed by atoms with Crippen molar-refractivity contribution in [2.75, 3.05) is 43.4 Å². The molecule has 3 heterocycles. The number of hydrogen-bond acceptors (Lipinski definition) is 8. The number of ether oxygens (including phenoxy) is 1. The number of nitrogens with zero attached hydrogens (tertiary/aromatic N) is 3. The van der Waals surface area contributed by atoms with Crippen molar-refractivity contribution in [2.24, 2.45) is 0 Å². The minimum absolute atomic E-state index is 0.0215. The first kappa shape index (κ1) is 28.8. The first-order valence-electron chi connectivity index (χ1n) is 11.9. The van der Waals surface area contributed by atoms with E-state index in [1.54, 1.807) is 11.0 Å². The second-order valence-electron chi connectivity index (χ2n) is 8.82. The van der Waals surface area contributed by atoms with Gasteiger partial charge < -0.3 is 25.0 Å². The fraction of sp³-hybridized carbons (Fsp3) is 0.417. The summed E-state index contributed by atoms with van der Waals surface area (Å²) < 4.78 is 43.7. The molecule has 0 aliphatic carbocycles. The lowest BCUT2D eigenvalue weighted by Crippen LogP contribution is -2.49. The minimum Gasteiger partial charge on any atom is -0.480 e. The second-order valence-corrected chi connectivity index (χ2v) is 10.4. The third-order valence-electron chi connectivity index (χ3n) is 6.14. The number of carboxylic acids is 1. The number of aromatic nitrogens is 1. The van der Waals surface area contributed by atoms with Gasteiger partial charge in [0.1, 0.15) is 17.2 Å². The summed E-state index contributed by atoms with van der Waals surface area (Å²) in [5.41, 5.74) is -0.308. The van der Waals surface area contributed by atoms with Crippen LogP contribution in [0.3, 0.4) is 0 Å². The van der Waals surface area contributed by atoms with Crippen LogP contribution in [-0.2, 0) is 22.2 Å². The number of aliphatic carboxylic acids is 1. The predicted molar refractivity (Wildman–Crippen MR) is 138 cm³/mol. The van der Waals surface area contributed by atoms with E-state index in [2.05, 4.69) is 15.6 Å². The predicted octanol–water partition coefficient (Wildman–Crippen LogP) is 2.85. The van der Waals surface area contributed by atoms with E-state index in [4.69, 9.17) is 16.3 Å². The van der Waals surface area contributed by atoms with Crippen LogP contribution in [0.15, 0.2) is 36.5 Å². The number of anilines is 1. The summed E-state index contributed by atoms with van der Waals surface area (Å²) in [6.45, 7) is 1.87. The Bertz CT molecular complexity index is 1210. The molecule has 2 saturated heterocycles. The smallest absolute Gasteiger partial charge is 0.417 e. The molecule has 1 aromatic heterocycles. The molecule has 2 atom stereocenters. The Morgan fingerprint density at radius 1 is 1.21 bits per heavy atom. The van der Waals surface area contributed by atoms with Crippen LogP contribution in [0.2, 0.25) is 5.02 Å². The van der Waals surface area contributed by atoms with E-state index < -0.39 is 41.1 Å². The molecule has 2 amide bonds. The van der Waals surface area contributed by atoms with Gasteiger partial charge in [-0.1, -0.05) is 17.7 Å². The summed E-state index contributed by atoms with van der Waals surface area (Å²) in [7, 11) is 0. The zero-order valence-electron chi connectivity index (χ0n) is 20.4. The first-order valence-corrected chi connectivity index (χ1v) is 13.4. The molecule has 0 radical (unpaired) electrons. The highest BCUT2D eigenvalue weighted by Crippen LogP contribution is 2.30. The number of hydrogen-bond donors (Lipinski definition) is 3. The Kier molecular flexibility index (Phi) is 9.08. The number of rotatable bonds is 7. The molecule has 1 aromatic carbocycles. The van der Waals surface area contributed by atoms with Crippen molar-refractivity contribution < 1.29 is 37.4 Å². The van der Waals surface area contributed by atoms with E-state index in [9.17, 15) is 32.7 Å². The molecule has 0 unspecified atom stereocenters.